The summed E-state index contributed by atoms with van der Waals surface area (Å²) in [5, 5.41) is 12.0. The number of amides is 1. The van der Waals surface area contributed by atoms with Crippen LogP contribution in [0.25, 0.3) is 0 Å². The highest BCUT2D eigenvalue weighted by atomic mass is 32.2. The van der Waals surface area contributed by atoms with Gasteiger partial charge >= 0.3 is 12.1 Å². The lowest BCUT2D eigenvalue weighted by atomic mass is 9.87. The Labute approximate surface area is 189 Å². The molecule has 0 bridgehead atoms. The van der Waals surface area contributed by atoms with Crippen molar-refractivity contribution in [3.05, 3.63) is 65.2 Å². The van der Waals surface area contributed by atoms with Crippen molar-refractivity contribution in [3.8, 4) is 0 Å². The lowest BCUT2D eigenvalue weighted by molar-refractivity contribution is -0.139. The molecule has 2 aromatic rings. The number of ether oxygens (including phenoxy) is 1. The highest BCUT2D eigenvalue weighted by Crippen LogP contribution is 2.27. The number of carboxylic acids is 1. The molecule has 0 saturated carbocycles. The van der Waals surface area contributed by atoms with E-state index in [-0.39, 0.29) is 11.8 Å². The minimum atomic E-state index is -1.09. The standard InChI is InChI=1S/C25H33NO4S/c1-24(2,3)19-12-10-17(11-13-19)16-31-20-9-7-8-18(14-20)15-21(22(27)28)26-23(29)30-25(4,5)6/h7-14,21H,15-16H2,1-6H3,(H,26,29)(H,27,28). The minimum Gasteiger partial charge on any atom is -0.480 e. The summed E-state index contributed by atoms with van der Waals surface area (Å²) in [5.74, 6) is -0.269. The molecule has 0 fully saturated rings. The van der Waals surface area contributed by atoms with Gasteiger partial charge in [0, 0.05) is 17.1 Å². The molecule has 1 amide bonds. The van der Waals surface area contributed by atoms with Crippen molar-refractivity contribution in [1.29, 1.82) is 0 Å². The molecule has 2 N–H and O–H groups in total. The molecule has 0 spiro atoms. The van der Waals surface area contributed by atoms with E-state index < -0.39 is 23.7 Å². The molecule has 0 aromatic heterocycles. The van der Waals surface area contributed by atoms with Gasteiger partial charge in [0.1, 0.15) is 11.6 Å². The average molecular weight is 444 g/mol. The van der Waals surface area contributed by atoms with Gasteiger partial charge in [-0.1, -0.05) is 57.2 Å². The fourth-order valence-corrected chi connectivity index (χ4v) is 3.85. The van der Waals surface area contributed by atoms with E-state index in [4.69, 9.17) is 4.74 Å². The monoisotopic (exact) mass is 443 g/mol. The Kier molecular flexibility index (Phi) is 8.18. The van der Waals surface area contributed by atoms with Gasteiger partial charge in [0.15, 0.2) is 0 Å². The highest BCUT2D eigenvalue weighted by molar-refractivity contribution is 7.98. The normalized spacial score (nSPS) is 12.8. The second-order valence-electron chi connectivity index (χ2n) is 9.62. The second-order valence-corrected chi connectivity index (χ2v) is 10.7. The number of nitrogens with one attached hydrogen (secondary N) is 1. The van der Waals surface area contributed by atoms with Crippen LogP contribution in [0.3, 0.4) is 0 Å². The summed E-state index contributed by atoms with van der Waals surface area (Å²) in [7, 11) is 0. The fourth-order valence-electron chi connectivity index (χ4n) is 2.92. The Morgan fingerprint density at radius 2 is 1.65 bits per heavy atom. The van der Waals surface area contributed by atoms with Crippen molar-refractivity contribution in [2.75, 3.05) is 0 Å². The van der Waals surface area contributed by atoms with Crippen molar-refractivity contribution >= 4 is 23.8 Å². The first-order valence-corrected chi connectivity index (χ1v) is 11.4. The Balaban J connectivity index is 2.00. The van der Waals surface area contributed by atoms with E-state index in [0.29, 0.717) is 0 Å². The smallest absolute Gasteiger partial charge is 0.408 e. The van der Waals surface area contributed by atoms with E-state index in [1.807, 2.05) is 24.3 Å². The molecule has 0 radical (unpaired) electrons. The third kappa shape index (κ3) is 8.66. The van der Waals surface area contributed by atoms with Crippen LogP contribution >= 0.6 is 11.8 Å². The Morgan fingerprint density at radius 1 is 1.00 bits per heavy atom. The number of hydrogen-bond acceptors (Lipinski definition) is 4. The second kappa shape index (κ2) is 10.2. The van der Waals surface area contributed by atoms with E-state index in [9.17, 15) is 14.7 Å². The molecule has 31 heavy (non-hydrogen) atoms. The molecule has 0 aliphatic carbocycles. The van der Waals surface area contributed by atoms with Crippen LogP contribution in [0.15, 0.2) is 53.4 Å². The number of carbonyl (C=O) groups excluding carboxylic acids is 1. The first kappa shape index (κ1) is 24.8. The number of alkyl carbamates (subject to hydrolysis) is 1. The quantitative estimate of drug-likeness (QED) is 0.529. The molecule has 6 heteroatoms. The van der Waals surface area contributed by atoms with E-state index in [2.05, 4.69) is 50.4 Å². The maximum Gasteiger partial charge on any atom is 0.408 e. The zero-order valence-corrected chi connectivity index (χ0v) is 20.0. The van der Waals surface area contributed by atoms with Gasteiger partial charge in [0.05, 0.1) is 0 Å². The molecule has 168 valence electrons. The predicted octanol–water partition coefficient (Wildman–Crippen LogP) is 5.80. The first-order valence-electron chi connectivity index (χ1n) is 10.4. The molecule has 2 rings (SSSR count). The largest absolute Gasteiger partial charge is 0.480 e. The molecule has 0 saturated heterocycles. The maximum absolute atomic E-state index is 12.0. The topological polar surface area (TPSA) is 75.6 Å². The van der Waals surface area contributed by atoms with Crippen LogP contribution < -0.4 is 5.32 Å². The molecule has 0 heterocycles. The summed E-state index contributed by atoms with van der Waals surface area (Å²) >= 11 is 1.70. The zero-order valence-electron chi connectivity index (χ0n) is 19.2. The third-order valence-electron chi connectivity index (χ3n) is 4.55. The third-order valence-corrected chi connectivity index (χ3v) is 5.62. The van der Waals surface area contributed by atoms with Crippen LogP contribution in [0.2, 0.25) is 0 Å². The summed E-state index contributed by atoms with van der Waals surface area (Å²) in [5.41, 5.74) is 2.83. The number of benzene rings is 2. The summed E-state index contributed by atoms with van der Waals surface area (Å²) in [6.45, 7) is 11.8. The van der Waals surface area contributed by atoms with Crippen LogP contribution in [0.1, 0.15) is 58.2 Å². The van der Waals surface area contributed by atoms with E-state index in [1.54, 1.807) is 32.5 Å². The lowest BCUT2D eigenvalue weighted by Gasteiger charge is -2.22. The number of aliphatic carboxylic acids is 1. The summed E-state index contributed by atoms with van der Waals surface area (Å²) < 4.78 is 5.18. The number of rotatable bonds is 7. The van der Waals surface area contributed by atoms with Crippen molar-refractivity contribution < 1.29 is 19.4 Å². The zero-order chi connectivity index (χ0) is 23.2. The van der Waals surface area contributed by atoms with Crippen LogP contribution in [-0.4, -0.2) is 28.8 Å². The van der Waals surface area contributed by atoms with Gasteiger partial charge < -0.3 is 15.2 Å². The van der Waals surface area contributed by atoms with E-state index in [0.717, 1.165) is 16.2 Å². The Morgan fingerprint density at radius 3 is 2.19 bits per heavy atom. The summed E-state index contributed by atoms with van der Waals surface area (Å²) in [6.07, 6.45) is -0.548. The van der Waals surface area contributed by atoms with Gasteiger partial charge in [-0.15, -0.1) is 11.8 Å². The van der Waals surface area contributed by atoms with Crippen LogP contribution in [-0.2, 0) is 27.1 Å². The van der Waals surface area contributed by atoms with Crippen molar-refractivity contribution in [2.45, 2.75) is 75.7 Å². The fraction of sp³-hybridized carbons (Fsp3) is 0.440. The van der Waals surface area contributed by atoms with E-state index in [1.165, 1.54) is 11.1 Å². The Bertz CT molecular complexity index is 895. The van der Waals surface area contributed by atoms with Crippen LogP contribution in [0.4, 0.5) is 4.79 Å². The molecule has 5 nitrogen and oxygen atoms in total. The number of carboxylic acid groups (broad SMARTS) is 1. The SMILES string of the molecule is CC(C)(C)OC(=O)NC(Cc1cccc(SCc2ccc(C(C)(C)C)cc2)c1)C(=O)O. The van der Waals surface area contributed by atoms with Gasteiger partial charge in [-0.25, -0.2) is 9.59 Å². The van der Waals surface area contributed by atoms with Gasteiger partial charge in [0.25, 0.3) is 0 Å². The predicted molar refractivity (Wildman–Crippen MR) is 126 cm³/mol. The lowest BCUT2D eigenvalue weighted by Crippen LogP contribution is -2.44. The van der Waals surface area contributed by atoms with Crippen LogP contribution in [0, 0.1) is 0 Å². The summed E-state index contributed by atoms with van der Waals surface area (Å²) in [4.78, 5) is 24.7. The van der Waals surface area contributed by atoms with E-state index >= 15 is 0 Å². The van der Waals surface area contributed by atoms with Gasteiger partial charge in [-0.3, -0.25) is 0 Å². The van der Waals surface area contributed by atoms with Gasteiger partial charge in [-0.2, -0.15) is 0 Å². The highest BCUT2D eigenvalue weighted by Gasteiger charge is 2.24. The number of hydrogen-bond donors (Lipinski definition) is 2. The molecular weight excluding hydrogens is 410 g/mol. The van der Waals surface area contributed by atoms with Crippen LogP contribution in [0.5, 0.6) is 0 Å². The Hall–Kier alpha value is -2.47. The molecule has 2 aromatic carbocycles. The summed E-state index contributed by atoms with van der Waals surface area (Å²) in [6, 6.07) is 15.4. The number of carbonyl (C=O) groups is 2. The average Bonchev–Trinajstić information content (AvgIpc) is 2.64. The van der Waals surface area contributed by atoms with Crippen molar-refractivity contribution in [2.24, 2.45) is 0 Å². The van der Waals surface area contributed by atoms with Gasteiger partial charge in [-0.05, 0) is 55.0 Å². The molecule has 0 aliphatic rings. The molecule has 1 atom stereocenters. The van der Waals surface area contributed by atoms with Crippen molar-refractivity contribution in [3.63, 3.8) is 0 Å². The first-order chi connectivity index (χ1) is 14.3. The molecular formula is C25H33NO4S. The molecule has 1 unspecified atom stereocenters. The maximum atomic E-state index is 12.0. The van der Waals surface area contributed by atoms with Crippen molar-refractivity contribution in [1.82, 2.24) is 5.32 Å². The molecule has 0 aliphatic heterocycles. The minimum absolute atomic E-state index is 0.133. The van der Waals surface area contributed by atoms with Gasteiger partial charge in [0.2, 0.25) is 0 Å². The number of thioether (sulfide) groups is 1.